The Labute approximate surface area is 108 Å². The Morgan fingerprint density at radius 3 is 2.84 bits per heavy atom. The first-order chi connectivity index (χ1) is 9.04. The fourth-order valence-electron chi connectivity index (χ4n) is 1.76. The van der Waals surface area contributed by atoms with Gasteiger partial charge in [-0.1, -0.05) is 6.07 Å². The molecule has 0 saturated carbocycles. The molecular weight excluding hydrogens is 254 g/mol. The molecule has 1 aliphatic heterocycles. The molecule has 1 aliphatic rings. The third kappa shape index (κ3) is 2.38. The first kappa shape index (κ1) is 13.0. The molecule has 1 unspecified atom stereocenters. The van der Waals surface area contributed by atoms with Crippen LogP contribution in [0.4, 0.5) is 16.2 Å². The molecule has 1 aromatic carbocycles. The van der Waals surface area contributed by atoms with E-state index in [2.05, 4.69) is 5.32 Å². The summed E-state index contributed by atoms with van der Waals surface area (Å²) in [5, 5.41) is 13.2. The molecule has 3 amide bonds. The van der Waals surface area contributed by atoms with E-state index in [1.165, 1.54) is 25.3 Å². The molecule has 1 fully saturated rings. The van der Waals surface area contributed by atoms with Crippen molar-refractivity contribution >= 4 is 23.3 Å². The van der Waals surface area contributed by atoms with Crippen molar-refractivity contribution in [3.05, 3.63) is 34.4 Å². The quantitative estimate of drug-likeness (QED) is 0.639. The summed E-state index contributed by atoms with van der Waals surface area (Å²) in [5.41, 5.74) is -0.0592. The average molecular weight is 265 g/mol. The second-order valence-corrected chi connectivity index (χ2v) is 3.86. The Bertz CT molecular complexity index is 545. The molecule has 1 heterocycles. The third-order valence-electron chi connectivity index (χ3n) is 2.72. The van der Waals surface area contributed by atoms with Gasteiger partial charge >= 0.3 is 6.03 Å². The SMILES string of the molecule is COC1CNC(=O)N(c2cccc([N+](=O)[O-])c2)C1=O. The summed E-state index contributed by atoms with van der Waals surface area (Å²) < 4.78 is 4.94. The lowest BCUT2D eigenvalue weighted by molar-refractivity contribution is -0.384. The van der Waals surface area contributed by atoms with Gasteiger partial charge in [0.15, 0.2) is 6.10 Å². The van der Waals surface area contributed by atoms with E-state index in [4.69, 9.17) is 4.74 Å². The fourth-order valence-corrected chi connectivity index (χ4v) is 1.76. The first-order valence-corrected chi connectivity index (χ1v) is 5.43. The van der Waals surface area contributed by atoms with Crippen LogP contribution in [0.2, 0.25) is 0 Å². The Morgan fingerprint density at radius 2 is 2.21 bits per heavy atom. The van der Waals surface area contributed by atoms with Gasteiger partial charge in [0.25, 0.3) is 11.6 Å². The molecule has 0 aromatic heterocycles. The van der Waals surface area contributed by atoms with Gasteiger partial charge in [0.2, 0.25) is 0 Å². The summed E-state index contributed by atoms with van der Waals surface area (Å²) in [5.74, 6) is -0.549. The van der Waals surface area contributed by atoms with Crippen molar-refractivity contribution in [3.8, 4) is 0 Å². The second kappa shape index (κ2) is 5.02. The first-order valence-electron chi connectivity index (χ1n) is 5.43. The van der Waals surface area contributed by atoms with Crippen LogP contribution in [0.3, 0.4) is 0 Å². The Morgan fingerprint density at radius 1 is 1.47 bits per heavy atom. The van der Waals surface area contributed by atoms with Gasteiger partial charge in [-0.15, -0.1) is 0 Å². The monoisotopic (exact) mass is 265 g/mol. The lowest BCUT2D eigenvalue weighted by Crippen LogP contribution is -2.58. The Balaban J connectivity index is 2.38. The molecule has 1 N–H and O–H groups in total. The number of urea groups is 1. The van der Waals surface area contributed by atoms with E-state index in [0.29, 0.717) is 0 Å². The van der Waals surface area contributed by atoms with E-state index >= 15 is 0 Å². The molecular formula is C11H11N3O5. The number of hydrogen-bond donors (Lipinski definition) is 1. The van der Waals surface area contributed by atoms with Crippen LogP contribution in [0.1, 0.15) is 0 Å². The summed E-state index contributed by atoms with van der Waals surface area (Å²) in [6.07, 6.45) is -0.794. The number of carbonyl (C=O) groups excluding carboxylic acids is 2. The third-order valence-corrected chi connectivity index (χ3v) is 2.72. The van der Waals surface area contributed by atoms with Crippen molar-refractivity contribution < 1.29 is 19.2 Å². The van der Waals surface area contributed by atoms with Gasteiger partial charge in [-0.2, -0.15) is 0 Å². The summed E-state index contributed by atoms with van der Waals surface area (Å²) in [6.45, 7) is 0.0829. The summed E-state index contributed by atoms with van der Waals surface area (Å²) in [7, 11) is 1.35. The van der Waals surface area contributed by atoms with Gasteiger partial charge in [-0.25, -0.2) is 9.69 Å². The van der Waals surface area contributed by atoms with E-state index in [0.717, 1.165) is 11.0 Å². The smallest absolute Gasteiger partial charge is 0.328 e. The highest BCUT2D eigenvalue weighted by Gasteiger charge is 2.35. The van der Waals surface area contributed by atoms with Crippen molar-refractivity contribution in [2.75, 3.05) is 18.6 Å². The number of non-ortho nitro benzene ring substituents is 1. The number of nitro groups is 1. The van der Waals surface area contributed by atoms with E-state index in [1.54, 1.807) is 0 Å². The molecule has 1 saturated heterocycles. The van der Waals surface area contributed by atoms with Crippen molar-refractivity contribution in [2.45, 2.75) is 6.10 Å². The number of rotatable bonds is 3. The molecule has 8 heteroatoms. The van der Waals surface area contributed by atoms with Crippen molar-refractivity contribution in [2.24, 2.45) is 0 Å². The topological polar surface area (TPSA) is 102 Å². The van der Waals surface area contributed by atoms with Crippen LogP contribution in [-0.2, 0) is 9.53 Å². The lowest BCUT2D eigenvalue weighted by atomic mass is 10.2. The zero-order valence-corrected chi connectivity index (χ0v) is 10.0. The second-order valence-electron chi connectivity index (χ2n) is 3.86. The minimum Gasteiger partial charge on any atom is -0.370 e. The minimum atomic E-state index is -0.794. The molecule has 0 aliphatic carbocycles. The van der Waals surface area contributed by atoms with Gasteiger partial charge in [-0.3, -0.25) is 14.9 Å². The van der Waals surface area contributed by atoms with Gasteiger partial charge in [0.1, 0.15) is 0 Å². The fraction of sp³-hybridized carbons (Fsp3) is 0.273. The Kier molecular flexibility index (Phi) is 3.43. The maximum atomic E-state index is 12.0. The number of nitrogens with zero attached hydrogens (tertiary/aromatic N) is 2. The van der Waals surface area contributed by atoms with Crippen LogP contribution < -0.4 is 10.2 Å². The Hall–Kier alpha value is -2.48. The lowest BCUT2D eigenvalue weighted by Gasteiger charge is -2.30. The largest absolute Gasteiger partial charge is 0.370 e. The van der Waals surface area contributed by atoms with Crippen LogP contribution in [0.25, 0.3) is 0 Å². The average Bonchev–Trinajstić information content (AvgIpc) is 2.39. The summed E-state index contributed by atoms with van der Waals surface area (Å²) in [4.78, 5) is 34.7. The molecule has 8 nitrogen and oxygen atoms in total. The molecule has 0 spiro atoms. The van der Waals surface area contributed by atoms with Crippen molar-refractivity contribution in [1.29, 1.82) is 0 Å². The van der Waals surface area contributed by atoms with Crippen LogP contribution in [0.5, 0.6) is 0 Å². The van der Waals surface area contributed by atoms with E-state index < -0.39 is 23.0 Å². The van der Waals surface area contributed by atoms with Gasteiger partial charge in [0, 0.05) is 19.2 Å². The minimum absolute atomic E-state index is 0.0829. The number of anilines is 1. The van der Waals surface area contributed by atoms with Crippen molar-refractivity contribution in [1.82, 2.24) is 5.32 Å². The van der Waals surface area contributed by atoms with Crippen LogP contribution in [-0.4, -0.2) is 36.6 Å². The standard InChI is InChI=1S/C11H11N3O5/c1-19-9-6-12-11(16)13(10(9)15)7-3-2-4-8(5-7)14(17)18/h2-5,9H,6H2,1H3,(H,12,16). The van der Waals surface area contributed by atoms with Crippen LogP contribution in [0, 0.1) is 10.1 Å². The molecule has 100 valence electrons. The molecule has 1 atom stereocenters. The number of amides is 3. The maximum absolute atomic E-state index is 12.0. The highest BCUT2D eigenvalue weighted by molar-refractivity contribution is 6.17. The van der Waals surface area contributed by atoms with Crippen LogP contribution in [0.15, 0.2) is 24.3 Å². The number of imide groups is 1. The number of ether oxygens (including phenoxy) is 1. The normalized spacial score (nSPS) is 19.2. The zero-order chi connectivity index (χ0) is 14.0. The number of nitro benzene ring substituents is 1. The summed E-state index contributed by atoms with van der Waals surface area (Å²) >= 11 is 0. The molecule has 19 heavy (non-hydrogen) atoms. The van der Waals surface area contributed by atoms with Gasteiger partial charge in [-0.05, 0) is 6.07 Å². The number of nitrogens with one attached hydrogen (secondary N) is 1. The van der Waals surface area contributed by atoms with Gasteiger partial charge < -0.3 is 10.1 Å². The number of carbonyl (C=O) groups is 2. The number of benzene rings is 1. The zero-order valence-electron chi connectivity index (χ0n) is 10.0. The summed E-state index contributed by atoms with van der Waals surface area (Å²) in [6, 6.07) is 4.67. The van der Waals surface area contributed by atoms with E-state index in [9.17, 15) is 19.7 Å². The molecule has 1 aromatic rings. The van der Waals surface area contributed by atoms with Crippen molar-refractivity contribution in [3.63, 3.8) is 0 Å². The number of hydrogen-bond acceptors (Lipinski definition) is 5. The highest BCUT2D eigenvalue weighted by Crippen LogP contribution is 2.23. The van der Waals surface area contributed by atoms with E-state index in [-0.39, 0.29) is 17.9 Å². The molecule has 2 rings (SSSR count). The van der Waals surface area contributed by atoms with Gasteiger partial charge in [0.05, 0.1) is 17.2 Å². The highest BCUT2D eigenvalue weighted by atomic mass is 16.6. The molecule has 0 radical (unpaired) electrons. The predicted octanol–water partition coefficient (Wildman–Crippen LogP) is 0.666. The predicted molar refractivity (Wildman–Crippen MR) is 64.8 cm³/mol. The molecule has 0 bridgehead atoms. The van der Waals surface area contributed by atoms with Crippen LogP contribution >= 0.6 is 0 Å². The number of methoxy groups -OCH3 is 1. The maximum Gasteiger partial charge on any atom is 0.328 e. The van der Waals surface area contributed by atoms with E-state index in [1.807, 2.05) is 0 Å².